The van der Waals surface area contributed by atoms with E-state index >= 15 is 0 Å². The minimum absolute atomic E-state index is 0.0767. The number of H-pyrrole nitrogens is 1. The number of nitrogens with one attached hydrogen (secondary N) is 1. The van der Waals surface area contributed by atoms with E-state index < -0.39 is 0 Å². The zero-order valence-electron chi connectivity index (χ0n) is 16.7. The number of hydrogen-bond acceptors (Lipinski definition) is 3. The highest BCUT2D eigenvalue weighted by Crippen LogP contribution is 2.36. The van der Waals surface area contributed by atoms with Crippen LogP contribution in [0.1, 0.15) is 46.6 Å². The maximum absolute atomic E-state index is 9.01. The Kier molecular flexibility index (Phi) is 6.70. The Hall–Kier alpha value is -2.01. The van der Waals surface area contributed by atoms with Crippen molar-refractivity contribution in [1.82, 2.24) is 4.98 Å². The first-order valence-corrected chi connectivity index (χ1v) is 9.25. The SMILES string of the molecule is CC(C)(C)CC(C)(C)c1ccc(OCCOc2[nH]cc[n+]2CCO)cc1. The quantitative estimate of drug-likeness (QED) is 0.531. The fraction of sp³-hybridized carbons (Fsp3) is 0.571. The standard InChI is InChI=1S/C21H32N2O3/c1-20(2,3)16-21(4,5)17-6-8-18(9-7-17)25-14-15-26-19-22-10-11-23(19)12-13-24/h6-11,24H,12-16H2,1-5H3/p+1. The van der Waals surface area contributed by atoms with E-state index in [0.717, 1.165) is 12.2 Å². The van der Waals surface area contributed by atoms with Gasteiger partial charge in [0.15, 0.2) is 0 Å². The number of rotatable bonds is 9. The Bertz CT molecular complexity index is 669. The van der Waals surface area contributed by atoms with Crippen molar-refractivity contribution in [1.29, 1.82) is 0 Å². The van der Waals surface area contributed by atoms with Crippen molar-refractivity contribution < 1.29 is 19.1 Å². The van der Waals surface area contributed by atoms with Gasteiger partial charge in [0.1, 0.15) is 37.9 Å². The summed E-state index contributed by atoms with van der Waals surface area (Å²) in [4.78, 5) is 3.01. The maximum Gasteiger partial charge on any atom is 0.454 e. The third kappa shape index (κ3) is 6.06. The summed E-state index contributed by atoms with van der Waals surface area (Å²) < 4.78 is 13.3. The molecule has 2 rings (SSSR count). The fourth-order valence-electron chi connectivity index (χ4n) is 3.49. The molecule has 2 aromatic rings. The molecule has 0 bridgehead atoms. The second-order valence-electron chi connectivity index (χ2n) is 8.52. The minimum Gasteiger partial charge on any atom is -0.490 e. The summed E-state index contributed by atoms with van der Waals surface area (Å²) in [6, 6.07) is 8.99. The molecule has 5 nitrogen and oxygen atoms in total. The largest absolute Gasteiger partial charge is 0.490 e. The van der Waals surface area contributed by atoms with Crippen molar-refractivity contribution in [2.24, 2.45) is 5.41 Å². The first kappa shape index (κ1) is 20.3. The van der Waals surface area contributed by atoms with E-state index in [1.54, 1.807) is 6.20 Å². The van der Waals surface area contributed by atoms with E-state index in [4.69, 9.17) is 14.6 Å². The topological polar surface area (TPSA) is 58.4 Å². The van der Waals surface area contributed by atoms with Gasteiger partial charge in [-0.25, -0.2) is 4.98 Å². The zero-order chi connectivity index (χ0) is 19.2. The molecule has 26 heavy (non-hydrogen) atoms. The van der Waals surface area contributed by atoms with Gasteiger partial charge < -0.3 is 14.6 Å². The van der Waals surface area contributed by atoms with E-state index in [2.05, 4.69) is 51.7 Å². The molecule has 1 heterocycles. The molecule has 0 unspecified atom stereocenters. The first-order chi connectivity index (χ1) is 12.2. The van der Waals surface area contributed by atoms with Crippen molar-refractivity contribution in [2.75, 3.05) is 19.8 Å². The minimum atomic E-state index is 0.0767. The molecule has 144 valence electrons. The van der Waals surface area contributed by atoms with Crippen molar-refractivity contribution in [3.05, 3.63) is 42.2 Å². The van der Waals surface area contributed by atoms with Crippen LogP contribution in [-0.2, 0) is 12.0 Å². The van der Waals surface area contributed by atoms with E-state index in [-0.39, 0.29) is 12.0 Å². The first-order valence-electron chi connectivity index (χ1n) is 9.25. The highest BCUT2D eigenvalue weighted by atomic mass is 16.5. The molecule has 0 aliphatic rings. The van der Waals surface area contributed by atoms with Gasteiger partial charge in [-0.3, -0.25) is 0 Å². The summed E-state index contributed by atoms with van der Waals surface area (Å²) >= 11 is 0. The molecule has 0 saturated carbocycles. The lowest BCUT2D eigenvalue weighted by Crippen LogP contribution is -2.35. The van der Waals surface area contributed by atoms with Gasteiger partial charge in [0, 0.05) is 0 Å². The van der Waals surface area contributed by atoms with Gasteiger partial charge in [-0.15, -0.1) is 0 Å². The molecule has 0 atom stereocenters. The summed E-state index contributed by atoms with van der Waals surface area (Å²) in [5, 5.41) is 9.01. The van der Waals surface area contributed by atoms with Gasteiger partial charge in [0.2, 0.25) is 0 Å². The van der Waals surface area contributed by atoms with Gasteiger partial charge in [-0.05, 0) is 34.9 Å². The van der Waals surface area contributed by atoms with Crippen molar-refractivity contribution in [2.45, 2.75) is 53.0 Å². The fourth-order valence-corrected chi connectivity index (χ4v) is 3.49. The summed E-state index contributed by atoms with van der Waals surface area (Å²) in [5.41, 5.74) is 1.75. The molecular formula is C21H33N2O3+. The lowest BCUT2D eigenvalue weighted by atomic mass is 9.72. The van der Waals surface area contributed by atoms with Crippen LogP contribution < -0.4 is 14.0 Å². The van der Waals surface area contributed by atoms with E-state index in [1.807, 2.05) is 22.9 Å². The normalized spacial score (nSPS) is 12.2. The second kappa shape index (κ2) is 8.58. The third-order valence-electron chi connectivity index (χ3n) is 4.26. The number of benzene rings is 1. The Morgan fingerprint density at radius 2 is 1.65 bits per heavy atom. The predicted molar refractivity (Wildman–Crippen MR) is 103 cm³/mol. The molecule has 1 aromatic heterocycles. The molecule has 2 N–H and O–H groups in total. The number of aliphatic hydroxyl groups excluding tert-OH is 1. The van der Waals surface area contributed by atoms with Gasteiger partial charge in [-0.1, -0.05) is 46.8 Å². The van der Waals surface area contributed by atoms with Gasteiger partial charge in [-0.2, -0.15) is 4.57 Å². The predicted octanol–water partition coefficient (Wildman–Crippen LogP) is 3.47. The second-order valence-corrected chi connectivity index (χ2v) is 8.52. The summed E-state index contributed by atoms with van der Waals surface area (Å²) in [6.07, 6.45) is 4.74. The summed E-state index contributed by atoms with van der Waals surface area (Å²) in [5.74, 6) is 0.846. The Balaban J connectivity index is 1.83. The van der Waals surface area contributed by atoms with Crippen LogP contribution in [0.15, 0.2) is 36.7 Å². The van der Waals surface area contributed by atoms with Crippen molar-refractivity contribution >= 4 is 0 Å². The van der Waals surface area contributed by atoms with Crippen LogP contribution >= 0.6 is 0 Å². The molecule has 0 aliphatic carbocycles. The molecule has 0 saturated heterocycles. The van der Waals surface area contributed by atoms with Crippen LogP contribution in [0.25, 0.3) is 0 Å². The van der Waals surface area contributed by atoms with Gasteiger partial charge in [0.05, 0.1) is 6.61 Å². The molecular weight excluding hydrogens is 328 g/mol. The van der Waals surface area contributed by atoms with E-state index in [0.29, 0.717) is 31.2 Å². The smallest absolute Gasteiger partial charge is 0.454 e. The van der Waals surface area contributed by atoms with Crippen molar-refractivity contribution in [3.8, 4) is 11.8 Å². The third-order valence-corrected chi connectivity index (χ3v) is 4.26. The number of imidazole rings is 1. The Labute approximate surface area is 157 Å². The Morgan fingerprint density at radius 3 is 2.27 bits per heavy atom. The molecule has 5 heteroatoms. The monoisotopic (exact) mass is 361 g/mol. The summed E-state index contributed by atoms with van der Waals surface area (Å²) in [7, 11) is 0. The van der Waals surface area contributed by atoms with Gasteiger partial charge >= 0.3 is 6.01 Å². The molecule has 0 radical (unpaired) electrons. The molecule has 1 aromatic carbocycles. The van der Waals surface area contributed by atoms with Crippen LogP contribution in [0, 0.1) is 5.41 Å². The van der Waals surface area contributed by atoms with E-state index in [1.165, 1.54) is 5.56 Å². The molecule has 0 aliphatic heterocycles. The highest BCUT2D eigenvalue weighted by molar-refractivity contribution is 5.31. The lowest BCUT2D eigenvalue weighted by molar-refractivity contribution is -0.701. The Morgan fingerprint density at radius 1 is 1.00 bits per heavy atom. The average Bonchev–Trinajstić information content (AvgIpc) is 2.97. The summed E-state index contributed by atoms with van der Waals surface area (Å²) in [6.45, 7) is 12.9. The highest BCUT2D eigenvalue weighted by Gasteiger charge is 2.27. The van der Waals surface area contributed by atoms with Gasteiger partial charge in [0.25, 0.3) is 0 Å². The van der Waals surface area contributed by atoms with Crippen LogP contribution in [0.5, 0.6) is 11.8 Å². The maximum atomic E-state index is 9.01. The van der Waals surface area contributed by atoms with Crippen LogP contribution in [0.2, 0.25) is 0 Å². The molecule has 0 fully saturated rings. The van der Waals surface area contributed by atoms with Crippen LogP contribution in [0.3, 0.4) is 0 Å². The molecule has 0 amide bonds. The number of aromatic nitrogens is 2. The number of aromatic amines is 1. The number of aliphatic hydroxyl groups is 1. The number of ether oxygens (including phenoxy) is 2. The van der Waals surface area contributed by atoms with Crippen molar-refractivity contribution in [3.63, 3.8) is 0 Å². The molecule has 0 spiro atoms. The number of hydrogen-bond donors (Lipinski definition) is 2. The zero-order valence-corrected chi connectivity index (χ0v) is 16.7. The van der Waals surface area contributed by atoms with Crippen LogP contribution in [-0.4, -0.2) is 29.9 Å². The average molecular weight is 362 g/mol. The van der Waals surface area contributed by atoms with E-state index in [9.17, 15) is 0 Å². The van der Waals surface area contributed by atoms with Crippen LogP contribution in [0.4, 0.5) is 0 Å². The lowest BCUT2D eigenvalue weighted by Gasteiger charge is -2.33. The number of nitrogens with zero attached hydrogens (tertiary/aromatic N) is 1.